The van der Waals surface area contributed by atoms with Gasteiger partial charge in [-0.3, -0.25) is 9.30 Å². The molecule has 2 aromatic heterocycles. The fraction of sp³-hybridized carbons (Fsp3) is 0.417. The van der Waals surface area contributed by atoms with Crippen molar-refractivity contribution in [2.75, 3.05) is 26.2 Å². The van der Waals surface area contributed by atoms with Crippen molar-refractivity contribution in [1.82, 2.24) is 19.6 Å². The van der Waals surface area contributed by atoms with Gasteiger partial charge in [0.25, 0.3) is 0 Å². The number of rotatable bonds is 2. The van der Waals surface area contributed by atoms with E-state index in [9.17, 15) is 0 Å². The normalized spacial score (nSPS) is 17.7. The summed E-state index contributed by atoms with van der Waals surface area (Å²) in [6, 6.07) is 5.79. The first kappa shape index (κ1) is 11.0. The van der Waals surface area contributed by atoms with Crippen molar-refractivity contribution in [2.24, 2.45) is 0 Å². The highest BCUT2D eigenvalue weighted by molar-refractivity contribution is 6.29. The van der Waals surface area contributed by atoms with E-state index in [1.165, 1.54) is 0 Å². The molecule has 1 saturated heterocycles. The largest absolute Gasteiger partial charge is 0.314 e. The van der Waals surface area contributed by atoms with Crippen LogP contribution < -0.4 is 5.32 Å². The predicted molar refractivity (Wildman–Crippen MR) is 68.3 cm³/mol. The Hall–Kier alpha value is -1.10. The van der Waals surface area contributed by atoms with Crippen LogP contribution in [0.25, 0.3) is 5.65 Å². The van der Waals surface area contributed by atoms with Gasteiger partial charge >= 0.3 is 0 Å². The van der Waals surface area contributed by atoms with Crippen LogP contribution in [0.5, 0.6) is 0 Å². The number of aromatic nitrogens is 2. The van der Waals surface area contributed by atoms with Gasteiger partial charge in [0.2, 0.25) is 0 Å². The van der Waals surface area contributed by atoms with Gasteiger partial charge in [0.15, 0.2) is 0 Å². The Morgan fingerprint density at radius 3 is 2.88 bits per heavy atom. The Morgan fingerprint density at radius 1 is 1.29 bits per heavy atom. The molecule has 17 heavy (non-hydrogen) atoms. The minimum Gasteiger partial charge on any atom is -0.314 e. The first-order valence-electron chi connectivity index (χ1n) is 5.88. The van der Waals surface area contributed by atoms with Gasteiger partial charge in [-0.1, -0.05) is 17.7 Å². The van der Waals surface area contributed by atoms with Gasteiger partial charge < -0.3 is 5.32 Å². The number of hydrogen-bond donors (Lipinski definition) is 1. The highest BCUT2D eigenvalue weighted by Crippen LogP contribution is 2.14. The van der Waals surface area contributed by atoms with Crippen LogP contribution in [-0.4, -0.2) is 40.5 Å². The molecule has 1 fully saturated rings. The van der Waals surface area contributed by atoms with Gasteiger partial charge in [0, 0.05) is 38.9 Å². The van der Waals surface area contributed by atoms with Gasteiger partial charge in [0.1, 0.15) is 10.8 Å². The van der Waals surface area contributed by atoms with Crippen molar-refractivity contribution in [3.8, 4) is 0 Å². The van der Waals surface area contributed by atoms with Gasteiger partial charge in [-0.25, -0.2) is 4.98 Å². The second kappa shape index (κ2) is 4.64. The van der Waals surface area contributed by atoms with Crippen molar-refractivity contribution in [2.45, 2.75) is 6.54 Å². The molecular weight excluding hydrogens is 236 g/mol. The van der Waals surface area contributed by atoms with Crippen LogP contribution in [0, 0.1) is 0 Å². The number of imidazole rings is 1. The molecule has 1 N–H and O–H groups in total. The molecule has 0 spiro atoms. The molecule has 0 bridgehead atoms. The predicted octanol–water partition coefficient (Wildman–Crippen LogP) is 1.39. The molecule has 0 radical (unpaired) electrons. The van der Waals surface area contributed by atoms with Crippen LogP contribution in [0.15, 0.2) is 24.4 Å². The molecule has 0 aromatic carbocycles. The Morgan fingerprint density at radius 2 is 2.12 bits per heavy atom. The summed E-state index contributed by atoms with van der Waals surface area (Å²) in [5, 5.41) is 4.06. The smallest absolute Gasteiger partial charge is 0.138 e. The Balaban J connectivity index is 1.83. The third kappa shape index (κ3) is 2.29. The summed E-state index contributed by atoms with van der Waals surface area (Å²) in [5.41, 5.74) is 2.00. The minimum atomic E-state index is 0.710. The summed E-state index contributed by atoms with van der Waals surface area (Å²) in [5.74, 6) is 0. The summed E-state index contributed by atoms with van der Waals surface area (Å²) >= 11 is 6.11. The number of hydrogen-bond acceptors (Lipinski definition) is 3. The van der Waals surface area contributed by atoms with E-state index in [0.717, 1.165) is 44.1 Å². The molecule has 3 heterocycles. The van der Waals surface area contributed by atoms with Gasteiger partial charge in [0.05, 0.1) is 5.69 Å². The summed E-state index contributed by atoms with van der Waals surface area (Å²) in [4.78, 5) is 6.99. The van der Waals surface area contributed by atoms with E-state index in [0.29, 0.717) is 5.15 Å². The van der Waals surface area contributed by atoms with Crippen molar-refractivity contribution in [1.29, 1.82) is 0 Å². The third-order valence-electron chi connectivity index (χ3n) is 3.09. The number of pyridine rings is 1. The molecule has 5 heteroatoms. The van der Waals surface area contributed by atoms with Crippen molar-refractivity contribution < 1.29 is 0 Å². The topological polar surface area (TPSA) is 32.6 Å². The molecule has 0 aliphatic carbocycles. The molecule has 90 valence electrons. The highest BCUT2D eigenvalue weighted by Gasteiger charge is 2.12. The fourth-order valence-electron chi connectivity index (χ4n) is 2.20. The van der Waals surface area contributed by atoms with Crippen LogP contribution in [0.1, 0.15) is 5.69 Å². The number of piperazine rings is 1. The second-order valence-electron chi connectivity index (χ2n) is 4.34. The molecule has 1 aliphatic rings. The molecule has 4 nitrogen and oxygen atoms in total. The van der Waals surface area contributed by atoms with Gasteiger partial charge in [-0.2, -0.15) is 0 Å². The maximum absolute atomic E-state index is 6.11. The lowest BCUT2D eigenvalue weighted by molar-refractivity contribution is 0.231. The summed E-state index contributed by atoms with van der Waals surface area (Å²) in [6.07, 6.45) is 2.03. The minimum absolute atomic E-state index is 0.710. The fourth-order valence-corrected chi connectivity index (χ4v) is 2.41. The Labute approximate surface area is 105 Å². The van der Waals surface area contributed by atoms with Crippen LogP contribution >= 0.6 is 11.6 Å². The van der Waals surface area contributed by atoms with Gasteiger partial charge in [-0.15, -0.1) is 0 Å². The number of halogens is 1. The van der Waals surface area contributed by atoms with Crippen LogP contribution in [0.4, 0.5) is 0 Å². The van der Waals surface area contributed by atoms with Crippen LogP contribution in [-0.2, 0) is 6.54 Å². The van der Waals surface area contributed by atoms with E-state index in [-0.39, 0.29) is 0 Å². The number of nitrogens with one attached hydrogen (secondary N) is 1. The number of fused-ring (bicyclic) bond motifs is 1. The molecule has 2 aromatic rings. The zero-order valence-electron chi connectivity index (χ0n) is 9.56. The molecule has 0 atom stereocenters. The summed E-state index contributed by atoms with van der Waals surface area (Å²) in [6.45, 7) is 5.20. The Kier molecular flexibility index (Phi) is 3.01. The van der Waals surface area contributed by atoms with E-state index >= 15 is 0 Å². The van der Waals surface area contributed by atoms with Crippen molar-refractivity contribution in [3.05, 3.63) is 35.2 Å². The first-order valence-corrected chi connectivity index (χ1v) is 6.26. The highest BCUT2D eigenvalue weighted by atomic mass is 35.5. The molecule has 1 aliphatic heterocycles. The van der Waals surface area contributed by atoms with E-state index in [2.05, 4.69) is 15.2 Å². The first-order chi connectivity index (χ1) is 8.33. The van der Waals surface area contributed by atoms with E-state index in [1.807, 2.05) is 28.8 Å². The average molecular weight is 251 g/mol. The average Bonchev–Trinajstić information content (AvgIpc) is 2.74. The zero-order chi connectivity index (χ0) is 11.7. The lowest BCUT2D eigenvalue weighted by Gasteiger charge is -2.26. The molecule has 0 amide bonds. The lowest BCUT2D eigenvalue weighted by atomic mass is 10.3. The SMILES string of the molecule is Clc1cccc2nc(CN3CCNCC3)cn12. The van der Waals surface area contributed by atoms with E-state index in [4.69, 9.17) is 11.6 Å². The maximum atomic E-state index is 6.11. The third-order valence-corrected chi connectivity index (χ3v) is 3.40. The van der Waals surface area contributed by atoms with Crippen molar-refractivity contribution in [3.63, 3.8) is 0 Å². The van der Waals surface area contributed by atoms with Crippen LogP contribution in [0.2, 0.25) is 5.15 Å². The van der Waals surface area contributed by atoms with E-state index < -0.39 is 0 Å². The maximum Gasteiger partial charge on any atom is 0.138 e. The van der Waals surface area contributed by atoms with Crippen LogP contribution in [0.3, 0.4) is 0 Å². The standard InChI is InChI=1S/C12H15ClN4/c13-11-2-1-3-12-15-10(9-17(11)12)8-16-6-4-14-5-7-16/h1-3,9,14H,4-8H2. The monoisotopic (exact) mass is 250 g/mol. The zero-order valence-corrected chi connectivity index (χ0v) is 10.3. The molecule has 3 rings (SSSR count). The van der Waals surface area contributed by atoms with Crippen molar-refractivity contribution >= 4 is 17.2 Å². The second-order valence-corrected chi connectivity index (χ2v) is 4.72. The molecular formula is C12H15ClN4. The lowest BCUT2D eigenvalue weighted by Crippen LogP contribution is -2.42. The van der Waals surface area contributed by atoms with E-state index in [1.54, 1.807) is 0 Å². The van der Waals surface area contributed by atoms with Gasteiger partial charge in [-0.05, 0) is 12.1 Å². The Bertz CT molecular complexity index is 516. The summed E-state index contributed by atoms with van der Waals surface area (Å²) in [7, 11) is 0. The quantitative estimate of drug-likeness (QED) is 0.818. The molecule has 0 unspecified atom stereocenters. The molecule has 0 saturated carbocycles. The number of nitrogens with zero attached hydrogens (tertiary/aromatic N) is 3. The summed E-state index contributed by atoms with van der Waals surface area (Å²) < 4.78 is 1.93.